The average Bonchev–Trinajstić information content (AvgIpc) is 2.39. The predicted octanol–water partition coefficient (Wildman–Crippen LogP) is 3.15. The molecule has 0 amide bonds. The molecule has 2 fully saturated rings. The zero-order valence-electron chi connectivity index (χ0n) is 10.6. The van der Waals surface area contributed by atoms with Crippen LogP contribution in [0.25, 0.3) is 0 Å². The summed E-state index contributed by atoms with van der Waals surface area (Å²) >= 11 is 11.6. The van der Waals surface area contributed by atoms with E-state index >= 15 is 0 Å². The molecule has 106 valence electrons. The highest BCUT2D eigenvalue weighted by molar-refractivity contribution is 7.54. The van der Waals surface area contributed by atoms with Crippen LogP contribution in [-0.4, -0.2) is 53.4 Å². The van der Waals surface area contributed by atoms with Crippen molar-refractivity contribution in [2.24, 2.45) is 0 Å². The molecule has 2 aliphatic heterocycles. The number of nitrogens with zero attached hydrogens (tertiary/aromatic N) is 2. The lowest BCUT2D eigenvalue weighted by molar-refractivity contribution is 0.105. The molecule has 0 N–H and O–H groups in total. The minimum Gasteiger partial charge on any atom is -0.306 e. The number of halogens is 2. The molecule has 0 saturated carbocycles. The third-order valence-corrected chi connectivity index (χ3v) is 6.82. The standard InChI is InChI=1S/C11H21Cl2N2O2P/c12-5-8-14(9-6-13)18(16)15-7-2-1-3-11(15)4-10-17-18/h11H,1-10H2. The summed E-state index contributed by atoms with van der Waals surface area (Å²) in [4.78, 5) is 0. The van der Waals surface area contributed by atoms with Gasteiger partial charge in [0, 0.05) is 37.4 Å². The molecule has 18 heavy (non-hydrogen) atoms. The molecule has 2 heterocycles. The van der Waals surface area contributed by atoms with Gasteiger partial charge in [0.15, 0.2) is 0 Å². The fourth-order valence-electron chi connectivity index (χ4n) is 2.80. The summed E-state index contributed by atoms with van der Waals surface area (Å²) in [6, 6.07) is 0.409. The first kappa shape index (κ1) is 15.1. The van der Waals surface area contributed by atoms with Gasteiger partial charge in [0.2, 0.25) is 0 Å². The van der Waals surface area contributed by atoms with Crippen molar-refractivity contribution in [2.75, 3.05) is 38.0 Å². The van der Waals surface area contributed by atoms with E-state index in [1.807, 2.05) is 4.67 Å². The lowest BCUT2D eigenvalue weighted by atomic mass is 10.0. The third kappa shape index (κ3) is 3.05. The molecular weight excluding hydrogens is 294 g/mol. The van der Waals surface area contributed by atoms with Gasteiger partial charge < -0.3 is 4.52 Å². The van der Waals surface area contributed by atoms with Gasteiger partial charge in [0.05, 0.1) is 6.61 Å². The molecule has 2 rings (SSSR count). The van der Waals surface area contributed by atoms with Crippen LogP contribution < -0.4 is 0 Å². The fraction of sp³-hybridized carbons (Fsp3) is 1.00. The minimum atomic E-state index is -2.89. The molecule has 2 atom stereocenters. The van der Waals surface area contributed by atoms with E-state index < -0.39 is 7.67 Å². The molecule has 0 bridgehead atoms. The Labute approximate surface area is 119 Å². The van der Waals surface area contributed by atoms with Crippen LogP contribution in [0, 0.1) is 0 Å². The van der Waals surface area contributed by atoms with Gasteiger partial charge in [-0.2, -0.15) is 0 Å². The van der Waals surface area contributed by atoms with Gasteiger partial charge in [-0.1, -0.05) is 6.42 Å². The molecule has 7 heteroatoms. The number of rotatable bonds is 5. The van der Waals surface area contributed by atoms with E-state index in [9.17, 15) is 4.57 Å². The van der Waals surface area contributed by atoms with Gasteiger partial charge in [-0.3, -0.25) is 4.57 Å². The number of piperidine rings is 1. The van der Waals surface area contributed by atoms with Crippen LogP contribution in [0.5, 0.6) is 0 Å². The van der Waals surface area contributed by atoms with Crippen molar-refractivity contribution in [3.8, 4) is 0 Å². The van der Waals surface area contributed by atoms with E-state index in [1.54, 1.807) is 0 Å². The topological polar surface area (TPSA) is 32.8 Å². The largest absolute Gasteiger partial charge is 0.346 e. The van der Waals surface area contributed by atoms with Crippen molar-refractivity contribution in [1.82, 2.24) is 9.34 Å². The average molecular weight is 315 g/mol. The summed E-state index contributed by atoms with van der Waals surface area (Å²) < 4.78 is 22.8. The van der Waals surface area contributed by atoms with E-state index in [1.165, 1.54) is 6.42 Å². The third-order valence-electron chi connectivity index (χ3n) is 3.67. The Morgan fingerprint density at radius 3 is 2.61 bits per heavy atom. The van der Waals surface area contributed by atoms with E-state index in [0.29, 0.717) is 37.5 Å². The van der Waals surface area contributed by atoms with Crippen LogP contribution in [0.15, 0.2) is 0 Å². The maximum absolute atomic E-state index is 13.2. The van der Waals surface area contributed by atoms with E-state index in [4.69, 9.17) is 27.7 Å². The Bertz CT molecular complexity index is 311. The van der Waals surface area contributed by atoms with Crippen LogP contribution in [0.2, 0.25) is 0 Å². The second-order valence-electron chi connectivity index (χ2n) is 4.76. The second kappa shape index (κ2) is 6.92. The normalized spacial score (nSPS) is 33.6. The first-order valence-electron chi connectivity index (χ1n) is 6.61. The summed E-state index contributed by atoms with van der Waals surface area (Å²) in [5, 5.41) is 0. The number of hydrogen-bond acceptors (Lipinski definition) is 2. The second-order valence-corrected chi connectivity index (χ2v) is 7.83. The summed E-state index contributed by atoms with van der Waals surface area (Å²) in [5.74, 6) is 0.894. The molecule has 0 radical (unpaired) electrons. The first-order chi connectivity index (χ1) is 8.72. The van der Waals surface area contributed by atoms with Gasteiger partial charge in [0.1, 0.15) is 0 Å². The van der Waals surface area contributed by atoms with Crippen molar-refractivity contribution in [3.05, 3.63) is 0 Å². The molecule has 2 unspecified atom stereocenters. The molecule has 2 saturated heterocycles. The minimum absolute atomic E-state index is 0.409. The summed E-state index contributed by atoms with van der Waals surface area (Å²) in [7, 11) is -2.89. The van der Waals surface area contributed by atoms with Crippen LogP contribution in [-0.2, 0) is 9.09 Å². The molecule has 0 aliphatic carbocycles. The summed E-state index contributed by atoms with van der Waals surface area (Å²) in [6.45, 7) is 2.58. The number of alkyl halides is 2. The number of fused-ring (bicyclic) bond motifs is 1. The first-order valence-corrected chi connectivity index (χ1v) is 9.21. The smallest absolute Gasteiger partial charge is 0.306 e. The SMILES string of the molecule is O=P1(N(CCCl)CCCl)OCCC2CCCCN21. The summed E-state index contributed by atoms with van der Waals surface area (Å²) in [5.41, 5.74) is 0. The van der Waals surface area contributed by atoms with Gasteiger partial charge in [0.25, 0.3) is 0 Å². The zero-order valence-corrected chi connectivity index (χ0v) is 13.0. The Morgan fingerprint density at radius 2 is 1.94 bits per heavy atom. The quantitative estimate of drug-likeness (QED) is 0.576. The Kier molecular flexibility index (Phi) is 5.80. The fourth-order valence-corrected chi connectivity index (χ4v) is 6.16. The maximum atomic E-state index is 13.2. The van der Waals surface area contributed by atoms with Crippen LogP contribution in [0.1, 0.15) is 25.7 Å². The maximum Gasteiger partial charge on any atom is 0.346 e. The Hall–Kier alpha value is 0.690. The predicted molar refractivity (Wildman–Crippen MR) is 75.5 cm³/mol. The van der Waals surface area contributed by atoms with Crippen LogP contribution in [0.4, 0.5) is 0 Å². The van der Waals surface area contributed by atoms with Crippen LogP contribution in [0.3, 0.4) is 0 Å². The highest BCUT2D eigenvalue weighted by atomic mass is 35.5. The van der Waals surface area contributed by atoms with Crippen molar-refractivity contribution in [1.29, 1.82) is 0 Å². The molecule has 4 nitrogen and oxygen atoms in total. The highest BCUT2D eigenvalue weighted by Gasteiger charge is 2.45. The molecule has 0 aromatic rings. The van der Waals surface area contributed by atoms with Crippen molar-refractivity contribution >= 4 is 30.9 Å². The lowest BCUT2D eigenvalue weighted by Gasteiger charge is -2.47. The zero-order chi connectivity index (χ0) is 13.0. The van der Waals surface area contributed by atoms with Gasteiger partial charge in [-0.05, 0) is 19.3 Å². The van der Waals surface area contributed by atoms with Crippen molar-refractivity contribution in [2.45, 2.75) is 31.7 Å². The van der Waals surface area contributed by atoms with E-state index in [0.717, 1.165) is 25.8 Å². The van der Waals surface area contributed by atoms with Crippen molar-refractivity contribution < 1.29 is 9.09 Å². The molecule has 0 aromatic carbocycles. The molecule has 0 spiro atoms. The highest BCUT2D eigenvalue weighted by Crippen LogP contribution is 2.59. The van der Waals surface area contributed by atoms with Gasteiger partial charge in [-0.15, -0.1) is 23.2 Å². The lowest BCUT2D eigenvalue weighted by Crippen LogP contribution is -2.46. The molecule has 0 aromatic heterocycles. The van der Waals surface area contributed by atoms with Crippen LogP contribution >= 0.6 is 30.9 Å². The van der Waals surface area contributed by atoms with E-state index in [2.05, 4.69) is 4.67 Å². The van der Waals surface area contributed by atoms with Gasteiger partial charge >= 0.3 is 7.67 Å². The molecule has 2 aliphatic rings. The monoisotopic (exact) mass is 314 g/mol. The number of hydrogen-bond donors (Lipinski definition) is 0. The Morgan fingerprint density at radius 1 is 1.22 bits per heavy atom. The van der Waals surface area contributed by atoms with E-state index in [-0.39, 0.29) is 0 Å². The Balaban J connectivity index is 2.16. The summed E-state index contributed by atoms with van der Waals surface area (Å²) in [6.07, 6.45) is 4.44. The molecular formula is C11H21Cl2N2O2P. The van der Waals surface area contributed by atoms with Gasteiger partial charge in [-0.25, -0.2) is 9.34 Å². The van der Waals surface area contributed by atoms with Crippen molar-refractivity contribution in [3.63, 3.8) is 0 Å².